The number of aromatic nitrogens is 5. The van der Waals surface area contributed by atoms with Gasteiger partial charge in [0.2, 0.25) is 0 Å². The highest BCUT2D eigenvalue weighted by molar-refractivity contribution is 6.22. The van der Waals surface area contributed by atoms with Gasteiger partial charge < -0.3 is 9.13 Å². The molecule has 5 heteroatoms. The Kier molecular flexibility index (Phi) is 7.72. The van der Waals surface area contributed by atoms with Crippen molar-refractivity contribution in [1.82, 2.24) is 24.1 Å². The van der Waals surface area contributed by atoms with Gasteiger partial charge >= 0.3 is 0 Å². The first-order chi connectivity index (χ1) is 33.7. The number of rotatable bonds is 4. The zero-order chi connectivity index (χ0) is 44.5. The summed E-state index contributed by atoms with van der Waals surface area (Å²) < 4.78 is 4.98. The molecule has 0 fully saturated rings. The molecule has 14 aromatic rings. The molecule has 314 valence electrons. The van der Waals surface area contributed by atoms with Crippen molar-refractivity contribution in [2.45, 2.75) is 0 Å². The van der Waals surface area contributed by atoms with Crippen molar-refractivity contribution in [1.29, 1.82) is 0 Å². The summed E-state index contributed by atoms with van der Waals surface area (Å²) in [7, 11) is 0. The maximum absolute atomic E-state index is 5.39. The van der Waals surface area contributed by atoms with E-state index < -0.39 is 0 Å². The topological polar surface area (TPSA) is 48.5 Å². The first-order valence-electron chi connectivity index (χ1n) is 23.2. The van der Waals surface area contributed by atoms with Gasteiger partial charge in [-0.2, -0.15) is 0 Å². The van der Waals surface area contributed by atoms with E-state index >= 15 is 0 Å². The van der Waals surface area contributed by atoms with Gasteiger partial charge in [0.25, 0.3) is 0 Å². The Hall–Kier alpha value is -9.19. The minimum absolute atomic E-state index is 0.629. The molecule has 4 heterocycles. The third-order valence-electron chi connectivity index (χ3n) is 14.3. The first-order valence-corrected chi connectivity index (χ1v) is 23.2. The van der Waals surface area contributed by atoms with Crippen LogP contribution in [-0.2, 0) is 0 Å². The molecule has 0 saturated carbocycles. The molecule has 11 aromatic carbocycles. The Bertz CT molecular complexity index is 4440. The summed E-state index contributed by atoms with van der Waals surface area (Å²) in [6, 6.07) is 81.0. The largest absolute Gasteiger partial charge is 0.309 e. The van der Waals surface area contributed by atoms with Crippen LogP contribution in [0.4, 0.5) is 0 Å². The lowest BCUT2D eigenvalue weighted by Crippen LogP contribution is -2.02. The van der Waals surface area contributed by atoms with Crippen molar-refractivity contribution < 1.29 is 0 Å². The van der Waals surface area contributed by atoms with Crippen LogP contribution in [0.5, 0.6) is 0 Å². The van der Waals surface area contributed by atoms with E-state index in [0.717, 1.165) is 55.0 Å². The van der Waals surface area contributed by atoms with Gasteiger partial charge in [-0.3, -0.25) is 0 Å². The lowest BCUT2D eigenvalue weighted by Gasteiger charge is -2.16. The molecule has 0 aliphatic carbocycles. The van der Waals surface area contributed by atoms with Gasteiger partial charge in [0.15, 0.2) is 17.5 Å². The molecule has 1 aliphatic heterocycles. The van der Waals surface area contributed by atoms with Crippen LogP contribution in [0.25, 0.3) is 144 Å². The van der Waals surface area contributed by atoms with Crippen LogP contribution in [0.2, 0.25) is 0 Å². The lowest BCUT2D eigenvalue weighted by molar-refractivity contribution is 1.08. The third kappa shape index (κ3) is 5.24. The summed E-state index contributed by atoms with van der Waals surface area (Å²) in [5, 5.41) is 11.7. The zero-order valence-corrected chi connectivity index (χ0v) is 36.6. The van der Waals surface area contributed by atoms with Gasteiger partial charge in [-0.05, 0) is 80.5 Å². The molecule has 3 aromatic heterocycles. The number of hydrogen-bond acceptors (Lipinski definition) is 3. The van der Waals surface area contributed by atoms with Crippen LogP contribution in [0.1, 0.15) is 0 Å². The van der Waals surface area contributed by atoms with Crippen LogP contribution < -0.4 is 0 Å². The molecular formula is C63H37N5. The summed E-state index contributed by atoms with van der Waals surface area (Å²) in [5.74, 6) is 1.91. The number of hydrogen-bond donors (Lipinski definition) is 0. The van der Waals surface area contributed by atoms with Crippen LogP contribution in [0.3, 0.4) is 0 Å². The van der Waals surface area contributed by atoms with Gasteiger partial charge in [0, 0.05) is 54.7 Å². The number of fused-ring (bicyclic) bond motifs is 15. The molecule has 15 rings (SSSR count). The number of nitrogens with zero attached hydrogens (tertiary/aromatic N) is 5. The Balaban J connectivity index is 0.985. The smallest absolute Gasteiger partial charge is 0.164 e. The summed E-state index contributed by atoms with van der Waals surface area (Å²) in [6.45, 7) is 0. The van der Waals surface area contributed by atoms with E-state index in [1.807, 2.05) is 18.2 Å². The van der Waals surface area contributed by atoms with E-state index in [4.69, 9.17) is 15.0 Å². The fourth-order valence-corrected chi connectivity index (χ4v) is 11.3. The minimum atomic E-state index is 0.629. The Morgan fingerprint density at radius 2 is 0.794 bits per heavy atom. The van der Waals surface area contributed by atoms with E-state index in [0.29, 0.717) is 17.5 Å². The molecular weight excluding hydrogens is 827 g/mol. The Labute approximate surface area is 390 Å². The van der Waals surface area contributed by atoms with Crippen molar-refractivity contribution in [2.24, 2.45) is 0 Å². The van der Waals surface area contributed by atoms with E-state index in [2.05, 4.69) is 215 Å². The van der Waals surface area contributed by atoms with Gasteiger partial charge in [0.05, 0.1) is 33.4 Å². The Morgan fingerprint density at radius 3 is 1.60 bits per heavy atom. The van der Waals surface area contributed by atoms with Crippen molar-refractivity contribution in [3.8, 4) is 67.8 Å². The summed E-state index contributed by atoms with van der Waals surface area (Å²) in [5.41, 5.74) is 14.9. The zero-order valence-electron chi connectivity index (χ0n) is 36.6. The molecule has 0 unspecified atom stereocenters. The fourth-order valence-electron chi connectivity index (χ4n) is 11.3. The average molecular weight is 864 g/mol. The summed E-state index contributed by atoms with van der Waals surface area (Å²) in [6.07, 6.45) is 0. The highest BCUT2D eigenvalue weighted by atomic mass is 15.0. The molecule has 68 heavy (non-hydrogen) atoms. The standard InChI is InChI=1S/C63H37N5/c1-2-17-38(18-3-1)61-64-62(66-63(65-61)54-35-39-19-4-5-20-40(39)41-21-6-9-24-44(41)54)51-33-34-57(47-26-11-10-25-45(47)51)67-55-31-14-13-28-48(55)52-36-59-53(37-58(52)67)50-30-16-29-49-43-23-8-7-22-42(43)46-27-12-15-32-56(46)68(59)60(49)50/h1-37H. The maximum atomic E-state index is 5.39. The molecule has 5 nitrogen and oxygen atoms in total. The maximum Gasteiger partial charge on any atom is 0.164 e. The van der Waals surface area contributed by atoms with Crippen molar-refractivity contribution in [2.75, 3.05) is 0 Å². The second kappa shape index (κ2) is 14.2. The van der Waals surface area contributed by atoms with Crippen LogP contribution in [0, 0.1) is 0 Å². The monoisotopic (exact) mass is 863 g/mol. The number of para-hydroxylation sites is 3. The molecule has 1 aliphatic rings. The first kappa shape index (κ1) is 37.1. The van der Waals surface area contributed by atoms with Crippen molar-refractivity contribution in [3.63, 3.8) is 0 Å². The average Bonchev–Trinajstić information content (AvgIpc) is 3.87. The van der Waals surface area contributed by atoms with Crippen molar-refractivity contribution >= 4 is 75.9 Å². The minimum Gasteiger partial charge on any atom is -0.309 e. The molecule has 0 radical (unpaired) electrons. The van der Waals surface area contributed by atoms with Crippen LogP contribution >= 0.6 is 0 Å². The summed E-state index contributed by atoms with van der Waals surface area (Å²) in [4.78, 5) is 15.9. The van der Waals surface area contributed by atoms with Gasteiger partial charge in [-0.15, -0.1) is 0 Å². The highest BCUT2D eigenvalue weighted by Crippen LogP contribution is 2.48. The summed E-state index contributed by atoms with van der Waals surface area (Å²) >= 11 is 0. The predicted molar refractivity (Wildman–Crippen MR) is 282 cm³/mol. The molecule has 0 atom stereocenters. The van der Waals surface area contributed by atoms with Gasteiger partial charge in [0.1, 0.15) is 0 Å². The van der Waals surface area contributed by atoms with Crippen LogP contribution in [0.15, 0.2) is 224 Å². The van der Waals surface area contributed by atoms with E-state index in [1.165, 1.54) is 71.3 Å². The molecule has 0 saturated heterocycles. The van der Waals surface area contributed by atoms with E-state index in [1.54, 1.807) is 0 Å². The molecule has 0 spiro atoms. The third-order valence-corrected chi connectivity index (χ3v) is 14.3. The van der Waals surface area contributed by atoms with Gasteiger partial charge in [-0.25, -0.2) is 15.0 Å². The number of benzene rings is 11. The lowest BCUT2D eigenvalue weighted by atomic mass is 9.94. The van der Waals surface area contributed by atoms with E-state index in [-0.39, 0.29) is 0 Å². The molecule has 0 N–H and O–H groups in total. The SMILES string of the molecule is c1ccc(-c2nc(-c3ccc(-n4c5ccccc5c5cc6c(cc54)c4cccc5c4n6-c4ccccc4-c4ccccc4-5)c4ccccc34)nc(-c3cc4ccccc4c4ccccc34)n2)cc1. The highest BCUT2D eigenvalue weighted by Gasteiger charge is 2.26. The van der Waals surface area contributed by atoms with Gasteiger partial charge in [-0.1, -0.05) is 182 Å². The van der Waals surface area contributed by atoms with Crippen LogP contribution in [-0.4, -0.2) is 24.1 Å². The fraction of sp³-hybridized carbons (Fsp3) is 0. The second-order valence-corrected chi connectivity index (χ2v) is 17.9. The van der Waals surface area contributed by atoms with Crippen molar-refractivity contribution in [3.05, 3.63) is 224 Å². The van der Waals surface area contributed by atoms with E-state index in [9.17, 15) is 0 Å². The molecule has 0 bridgehead atoms. The predicted octanol–water partition coefficient (Wildman–Crippen LogP) is 16.2. The second-order valence-electron chi connectivity index (χ2n) is 17.9. The molecule has 0 amide bonds. The quantitative estimate of drug-likeness (QED) is 0.166. The Morgan fingerprint density at radius 1 is 0.250 bits per heavy atom. The normalized spacial score (nSPS) is 12.1.